The SMILES string of the molecule is Nc1nc(Cc2ccc(Sc3ncc(C(F)(F)F)cc3Cl)cc2)sc1C(=O)c1c(Cl)cc(C(F)(F)F)cc1Cl. The van der Waals surface area contributed by atoms with Crippen LogP contribution >= 0.6 is 57.9 Å². The number of rotatable bonds is 6. The van der Waals surface area contributed by atoms with Crippen molar-refractivity contribution in [2.24, 2.45) is 0 Å². The third-order valence-corrected chi connectivity index (χ3v) is 8.22. The molecule has 0 aliphatic rings. The van der Waals surface area contributed by atoms with Gasteiger partial charge in [-0.25, -0.2) is 9.97 Å². The minimum Gasteiger partial charge on any atom is -0.382 e. The van der Waals surface area contributed by atoms with Crippen LogP contribution in [0.25, 0.3) is 0 Å². The number of pyridine rings is 1. The number of hydrogen-bond acceptors (Lipinski definition) is 6. The van der Waals surface area contributed by atoms with Gasteiger partial charge in [0.2, 0.25) is 5.78 Å². The summed E-state index contributed by atoms with van der Waals surface area (Å²) in [4.78, 5) is 21.6. The Labute approximate surface area is 240 Å². The minimum atomic E-state index is -4.69. The number of thiazole rings is 1. The number of benzene rings is 2. The van der Waals surface area contributed by atoms with E-state index in [1.54, 1.807) is 24.3 Å². The summed E-state index contributed by atoms with van der Waals surface area (Å²) < 4.78 is 77.4. The molecule has 0 spiro atoms. The molecular formula is C24H12Cl3F6N3OS2. The Morgan fingerprint density at radius 1 is 0.897 bits per heavy atom. The molecule has 4 aromatic rings. The quantitative estimate of drug-likeness (QED) is 0.168. The standard InChI is InChI=1S/C24H12Cl3F6N3OS2/c25-14-6-11(23(28,29)30)7-15(26)18(14)19(37)20-21(34)36-17(39-20)5-10-1-3-13(4-2-10)38-22-16(27)8-12(9-35-22)24(31,32)33/h1-4,6-9H,5,34H2. The monoisotopic (exact) mass is 641 g/mol. The second-order valence-electron chi connectivity index (χ2n) is 7.90. The van der Waals surface area contributed by atoms with Gasteiger partial charge in [0.15, 0.2) is 0 Å². The van der Waals surface area contributed by atoms with Gasteiger partial charge in [0, 0.05) is 17.5 Å². The zero-order valence-corrected chi connectivity index (χ0v) is 22.8. The Balaban J connectivity index is 1.49. The van der Waals surface area contributed by atoms with Crippen LogP contribution in [-0.2, 0) is 18.8 Å². The van der Waals surface area contributed by atoms with Crippen molar-refractivity contribution in [2.45, 2.75) is 28.7 Å². The number of alkyl halides is 6. The Kier molecular flexibility index (Phi) is 8.44. The lowest BCUT2D eigenvalue weighted by atomic mass is 10.1. The number of ketones is 1. The number of carbonyl (C=O) groups is 1. The Morgan fingerprint density at radius 3 is 2.00 bits per heavy atom. The van der Waals surface area contributed by atoms with Crippen LogP contribution in [0, 0.1) is 0 Å². The molecule has 4 rings (SSSR count). The first-order chi connectivity index (χ1) is 18.1. The molecule has 0 radical (unpaired) electrons. The highest BCUT2D eigenvalue weighted by molar-refractivity contribution is 7.99. The molecule has 2 aromatic heterocycles. The van der Waals surface area contributed by atoms with E-state index in [0.29, 0.717) is 28.2 Å². The van der Waals surface area contributed by atoms with Crippen molar-refractivity contribution in [1.29, 1.82) is 0 Å². The first kappa shape index (κ1) is 29.5. The van der Waals surface area contributed by atoms with Crippen molar-refractivity contribution < 1.29 is 31.1 Å². The van der Waals surface area contributed by atoms with Crippen LogP contribution in [-0.4, -0.2) is 15.8 Å². The van der Waals surface area contributed by atoms with E-state index in [4.69, 9.17) is 40.5 Å². The molecule has 0 bridgehead atoms. The zero-order chi connectivity index (χ0) is 28.7. The molecule has 0 unspecified atom stereocenters. The first-order valence-electron chi connectivity index (χ1n) is 10.5. The molecule has 0 saturated carbocycles. The number of carbonyl (C=O) groups excluding carboxylic acids is 1. The average molecular weight is 643 g/mol. The summed E-state index contributed by atoms with van der Waals surface area (Å²) in [5.74, 6) is -0.880. The summed E-state index contributed by atoms with van der Waals surface area (Å²) in [6, 6.07) is 8.94. The molecule has 0 atom stereocenters. The van der Waals surface area contributed by atoms with Crippen LogP contribution in [0.4, 0.5) is 32.2 Å². The van der Waals surface area contributed by atoms with Crippen molar-refractivity contribution in [1.82, 2.24) is 9.97 Å². The predicted octanol–water partition coefficient (Wildman–Crippen LogP) is 9.09. The highest BCUT2D eigenvalue weighted by Gasteiger charge is 2.34. The van der Waals surface area contributed by atoms with Gasteiger partial charge in [0.25, 0.3) is 0 Å². The number of nitrogen functional groups attached to an aromatic ring is 1. The van der Waals surface area contributed by atoms with Gasteiger partial charge in [-0.15, -0.1) is 11.3 Å². The molecule has 4 nitrogen and oxygen atoms in total. The molecular weight excluding hydrogens is 631 g/mol. The number of nitrogens with two attached hydrogens (primary N) is 1. The predicted molar refractivity (Wildman–Crippen MR) is 139 cm³/mol. The fourth-order valence-corrected chi connectivity index (χ4v) is 5.96. The molecule has 0 aliphatic carbocycles. The van der Waals surface area contributed by atoms with Gasteiger partial charge in [0.1, 0.15) is 20.7 Å². The molecule has 15 heteroatoms. The topological polar surface area (TPSA) is 68.9 Å². The van der Waals surface area contributed by atoms with Crippen LogP contribution in [0.3, 0.4) is 0 Å². The van der Waals surface area contributed by atoms with E-state index in [0.717, 1.165) is 34.7 Å². The number of halogens is 9. The van der Waals surface area contributed by atoms with Crippen LogP contribution in [0.5, 0.6) is 0 Å². The van der Waals surface area contributed by atoms with Crippen molar-refractivity contribution in [3.63, 3.8) is 0 Å². The van der Waals surface area contributed by atoms with Crippen LogP contribution in [0.1, 0.15) is 36.9 Å². The lowest BCUT2D eigenvalue weighted by molar-refractivity contribution is -0.138. The average Bonchev–Trinajstić information content (AvgIpc) is 3.19. The van der Waals surface area contributed by atoms with E-state index in [1.165, 1.54) is 0 Å². The van der Waals surface area contributed by atoms with E-state index in [9.17, 15) is 31.1 Å². The molecule has 2 aromatic carbocycles. The fourth-order valence-electron chi connectivity index (χ4n) is 3.30. The van der Waals surface area contributed by atoms with E-state index in [2.05, 4.69) is 9.97 Å². The van der Waals surface area contributed by atoms with Crippen molar-refractivity contribution in [3.05, 3.63) is 95.9 Å². The second-order valence-corrected chi connectivity index (χ2v) is 11.3. The maximum absolute atomic E-state index is 13.0. The molecule has 0 aliphatic heterocycles. The highest BCUT2D eigenvalue weighted by Crippen LogP contribution is 2.39. The maximum Gasteiger partial charge on any atom is 0.417 e. The second kappa shape index (κ2) is 11.2. The Morgan fingerprint density at radius 2 is 1.46 bits per heavy atom. The van der Waals surface area contributed by atoms with Gasteiger partial charge in [-0.1, -0.05) is 58.7 Å². The number of aromatic nitrogens is 2. The van der Waals surface area contributed by atoms with Gasteiger partial charge < -0.3 is 5.73 Å². The molecule has 204 valence electrons. The molecule has 2 N–H and O–H groups in total. The lowest BCUT2D eigenvalue weighted by Crippen LogP contribution is -2.09. The van der Waals surface area contributed by atoms with Crippen molar-refractivity contribution in [3.8, 4) is 0 Å². The van der Waals surface area contributed by atoms with Gasteiger partial charge >= 0.3 is 12.4 Å². The largest absolute Gasteiger partial charge is 0.417 e. The van der Waals surface area contributed by atoms with Gasteiger partial charge in [-0.05, 0) is 35.9 Å². The van der Waals surface area contributed by atoms with Crippen molar-refractivity contribution >= 4 is 69.5 Å². The Bertz CT molecular complexity index is 1530. The van der Waals surface area contributed by atoms with Crippen LogP contribution < -0.4 is 5.73 Å². The highest BCUT2D eigenvalue weighted by atomic mass is 35.5. The number of nitrogens with zero attached hydrogens (tertiary/aromatic N) is 2. The van der Waals surface area contributed by atoms with Crippen LogP contribution in [0.2, 0.25) is 15.1 Å². The molecule has 0 amide bonds. The third kappa shape index (κ3) is 6.80. The normalized spacial score (nSPS) is 12.1. The van der Waals surface area contributed by atoms with E-state index in [1.807, 2.05) is 0 Å². The summed E-state index contributed by atoms with van der Waals surface area (Å²) in [7, 11) is 0. The summed E-state index contributed by atoms with van der Waals surface area (Å²) in [6.45, 7) is 0. The smallest absolute Gasteiger partial charge is 0.382 e. The van der Waals surface area contributed by atoms with E-state index in [-0.39, 0.29) is 32.7 Å². The number of hydrogen-bond donors (Lipinski definition) is 1. The first-order valence-corrected chi connectivity index (χ1v) is 13.3. The van der Waals surface area contributed by atoms with Gasteiger partial charge in [-0.2, -0.15) is 26.3 Å². The fraction of sp³-hybridized carbons (Fsp3) is 0.125. The van der Waals surface area contributed by atoms with Crippen molar-refractivity contribution in [2.75, 3.05) is 5.73 Å². The Hall–Kier alpha value is -2.51. The van der Waals surface area contributed by atoms with E-state index >= 15 is 0 Å². The molecule has 0 fully saturated rings. The maximum atomic E-state index is 13.0. The zero-order valence-electron chi connectivity index (χ0n) is 18.9. The van der Waals surface area contributed by atoms with Gasteiger partial charge in [0.05, 0.1) is 31.8 Å². The minimum absolute atomic E-state index is 0.0243. The molecule has 39 heavy (non-hydrogen) atoms. The van der Waals surface area contributed by atoms with Gasteiger partial charge in [-0.3, -0.25) is 4.79 Å². The van der Waals surface area contributed by atoms with E-state index < -0.39 is 39.3 Å². The molecule has 0 saturated heterocycles. The third-order valence-electron chi connectivity index (χ3n) is 5.13. The number of anilines is 1. The molecule has 2 heterocycles. The summed E-state index contributed by atoms with van der Waals surface area (Å²) in [6.07, 6.45) is -8.28. The lowest BCUT2D eigenvalue weighted by Gasteiger charge is -2.11. The summed E-state index contributed by atoms with van der Waals surface area (Å²) >= 11 is 19.9. The summed E-state index contributed by atoms with van der Waals surface area (Å²) in [5.41, 5.74) is 4.33. The van der Waals surface area contributed by atoms with Crippen LogP contribution in [0.15, 0.2) is 58.6 Å². The summed E-state index contributed by atoms with van der Waals surface area (Å²) in [5, 5.41) is -0.422.